The van der Waals surface area contributed by atoms with Gasteiger partial charge in [-0.1, -0.05) is 48.0 Å². The van der Waals surface area contributed by atoms with Gasteiger partial charge in [-0.05, 0) is 24.6 Å². The number of hydrogen-bond acceptors (Lipinski definition) is 3. The maximum Gasteiger partial charge on any atom is 0.230 e. The third-order valence-corrected chi connectivity index (χ3v) is 3.77. The lowest BCUT2D eigenvalue weighted by atomic mass is 10.1. The minimum absolute atomic E-state index is 0.120. The van der Waals surface area contributed by atoms with Crippen LogP contribution in [-0.4, -0.2) is 24.5 Å². The monoisotopic (exact) mass is 326 g/mol. The third kappa shape index (κ3) is 5.85. The Kier molecular flexibility index (Phi) is 6.51. The molecule has 2 aromatic carbocycles. The fourth-order valence-electron chi connectivity index (χ4n) is 2.41. The van der Waals surface area contributed by atoms with Crippen molar-refractivity contribution >= 4 is 17.6 Å². The molecule has 0 bridgehead atoms. The van der Waals surface area contributed by atoms with E-state index < -0.39 is 12.0 Å². The van der Waals surface area contributed by atoms with Crippen LogP contribution in [0.3, 0.4) is 0 Å². The smallest absolute Gasteiger partial charge is 0.230 e. The van der Waals surface area contributed by atoms with Gasteiger partial charge in [0, 0.05) is 12.1 Å². The maximum atomic E-state index is 12.0. The Bertz CT molecular complexity index is 669. The van der Waals surface area contributed by atoms with Crippen molar-refractivity contribution in [3.05, 3.63) is 65.7 Å². The number of amides is 1. The second-order valence-electron chi connectivity index (χ2n) is 5.80. The highest BCUT2D eigenvalue weighted by molar-refractivity contribution is 5.93. The highest BCUT2D eigenvalue weighted by atomic mass is 16.4. The van der Waals surface area contributed by atoms with E-state index in [0.717, 1.165) is 17.5 Å². The number of rotatable bonds is 8. The van der Waals surface area contributed by atoms with Gasteiger partial charge in [0.05, 0.1) is 18.9 Å². The molecule has 5 nitrogen and oxygen atoms in total. The number of hydrogen-bond donors (Lipinski definition) is 2. The summed E-state index contributed by atoms with van der Waals surface area (Å²) >= 11 is 0. The first-order chi connectivity index (χ1) is 11.5. The standard InChI is InChI=1S/C19H22N2O3/c1-14-7-9-16(10-8-14)21-18(22)13-17(19(23)24)20-12-11-15-5-3-2-4-6-15/h2-10,17,20H,11-13H2,1H3,(H,21,22)(H,23,24)/t17-/m0/s1. The van der Waals surface area contributed by atoms with E-state index in [1.807, 2.05) is 49.4 Å². The van der Waals surface area contributed by atoms with Crippen LogP contribution in [0, 0.1) is 6.92 Å². The van der Waals surface area contributed by atoms with Crippen LogP contribution in [0.4, 0.5) is 5.69 Å². The van der Waals surface area contributed by atoms with Crippen molar-refractivity contribution in [1.29, 1.82) is 0 Å². The van der Waals surface area contributed by atoms with Crippen molar-refractivity contribution < 1.29 is 20.0 Å². The zero-order valence-electron chi connectivity index (χ0n) is 13.7. The van der Waals surface area contributed by atoms with E-state index >= 15 is 0 Å². The second-order valence-corrected chi connectivity index (χ2v) is 5.80. The molecule has 0 unspecified atom stereocenters. The Morgan fingerprint density at radius 3 is 2.38 bits per heavy atom. The van der Waals surface area contributed by atoms with Crippen molar-refractivity contribution in [3.63, 3.8) is 0 Å². The fraction of sp³-hybridized carbons (Fsp3) is 0.263. The predicted octanol–water partition coefficient (Wildman–Crippen LogP) is 0.248. The van der Waals surface area contributed by atoms with E-state index in [1.54, 1.807) is 17.4 Å². The van der Waals surface area contributed by atoms with Gasteiger partial charge in [0.15, 0.2) is 0 Å². The van der Waals surface area contributed by atoms with Gasteiger partial charge in [0.25, 0.3) is 0 Å². The highest BCUT2D eigenvalue weighted by Gasteiger charge is 2.18. The molecule has 2 aromatic rings. The molecule has 126 valence electrons. The number of carbonyl (C=O) groups excluding carboxylic acids is 2. The summed E-state index contributed by atoms with van der Waals surface area (Å²) in [6.45, 7) is 2.54. The number of aryl methyl sites for hydroxylation is 1. The van der Waals surface area contributed by atoms with Gasteiger partial charge in [0.2, 0.25) is 5.91 Å². The first-order valence-corrected chi connectivity index (χ1v) is 7.99. The molecule has 0 spiro atoms. The predicted molar refractivity (Wildman–Crippen MR) is 90.2 cm³/mol. The van der Waals surface area contributed by atoms with Crippen molar-refractivity contribution in [3.8, 4) is 0 Å². The molecule has 1 amide bonds. The topological polar surface area (TPSA) is 85.8 Å². The summed E-state index contributed by atoms with van der Waals surface area (Å²) < 4.78 is 0. The Hall–Kier alpha value is -2.66. The van der Waals surface area contributed by atoms with Gasteiger partial charge in [0.1, 0.15) is 6.04 Å². The Morgan fingerprint density at radius 1 is 1.08 bits per heavy atom. The Morgan fingerprint density at radius 2 is 1.75 bits per heavy atom. The molecule has 0 aromatic heterocycles. The number of benzene rings is 2. The van der Waals surface area contributed by atoms with Gasteiger partial charge >= 0.3 is 0 Å². The lowest BCUT2D eigenvalue weighted by Crippen LogP contribution is -2.93. The minimum Gasteiger partial charge on any atom is -0.544 e. The van der Waals surface area contributed by atoms with Crippen LogP contribution in [0.15, 0.2) is 54.6 Å². The Balaban J connectivity index is 1.82. The van der Waals surface area contributed by atoms with Gasteiger partial charge in [-0.3, -0.25) is 4.79 Å². The lowest BCUT2D eigenvalue weighted by Gasteiger charge is -2.16. The molecule has 0 aliphatic rings. The number of quaternary nitrogens is 1. The molecule has 24 heavy (non-hydrogen) atoms. The number of carboxylic acid groups (broad SMARTS) is 1. The molecular formula is C19H22N2O3. The lowest BCUT2D eigenvalue weighted by molar-refractivity contribution is -0.682. The van der Waals surface area contributed by atoms with Crippen LogP contribution < -0.4 is 15.7 Å². The largest absolute Gasteiger partial charge is 0.544 e. The van der Waals surface area contributed by atoms with Gasteiger partial charge in [-0.15, -0.1) is 0 Å². The maximum absolute atomic E-state index is 12.0. The molecule has 3 N–H and O–H groups in total. The van der Waals surface area contributed by atoms with Crippen LogP contribution in [0.5, 0.6) is 0 Å². The number of aliphatic carboxylic acids is 1. The van der Waals surface area contributed by atoms with E-state index in [9.17, 15) is 14.7 Å². The summed E-state index contributed by atoms with van der Waals surface area (Å²) in [6.07, 6.45) is 0.620. The number of carboxylic acids is 1. The van der Waals surface area contributed by atoms with Crippen molar-refractivity contribution in [2.45, 2.75) is 25.8 Å². The van der Waals surface area contributed by atoms with Crippen molar-refractivity contribution in [2.75, 3.05) is 11.9 Å². The van der Waals surface area contributed by atoms with Crippen molar-refractivity contribution in [1.82, 2.24) is 0 Å². The molecule has 0 saturated carbocycles. The van der Waals surface area contributed by atoms with E-state index in [4.69, 9.17) is 0 Å². The first kappa shape index (κ1) is 17.7. The van der Waals surface area contributed by atoms with Crippen LogP contribution in [0.2, 0.25) is 0 Å². The fourth-order valence-corrected chi connectivity index (χ4v) is 2.41. The van der Waals surface area contributed by atoms with Gasteiger partial charge < -0.3 is 20.5 Å². The van der Waals surface area contributed by atoms with E-state index in [-0.39, 0.29) is 12.3 Å². The highest BCUT2D eigenvalue weighted by Crippen LogP contribution is 2.09. The van der Waals surface area contributed by atoms with Crippen molar-refractivity contribution in [2.24, 2.45) is 0 Å². The van der Waals surface area contributed by atoms with Crippen LogP contribution in [-0.2, 0) is 16.0 Å². The summed E-state index contributed by atoms with van der Waals surface area (Å²) in [6, 6.07) is 16.3. The molecule has 0 heterocycles. The van der Waals surface area contributed by atoms with E-state index in [0.29, 0.717) is 12.2 Å². The molecule has 0 radical (unpaired) electrons. The normalized spacial score (nSPS) is 11.7. The average Bonchev–Trinajstić information content (AvgIpc) is 2.57. The Labute approximate surface area is 141 Å². The van der Waals surface area contributed by atoms with E-state index in [1.165, 1.54) is 0 Å². The molecule has 5 heteroatoms. The number of nitrogens with one attached hydrogen (secondary N) is 1. The summed E-state index contributed by atoms with van der Waals surface area (Å²) in [4.78, 5) is 23.3. The van der Waals surface area contributed by atoms with Gasteiger partial charge in [-0.2, -0.15) is 0 Å². The quantitative estimate of drug-likeness (QED) is 0.729. The van der Waals surface area contributed by atoms with Crippen LogP contribution in [0.1, 0.15) is 17.5 Å². The summed E-state index contributed by atoms with van der Waals surface area (Å²) in [5.41, 5.74) is 2.89. The van der Waals surface area contributed by atoms with Crippen LogP contribution >= 0.6 is 0 Å². The number of carbonyl (C=O) groups is 2. The minimum atomic E-state index is -1.22. The summed E-state index contributed by atoms with van der Waals surface area (Å²) in [5, 5.41) is 15.6. The molecule has 0 aliphatic heterocycles. The average molecular weight is 326 g/mol. The molecule has 1 atom stereocenters. The zero-order chi connectivity index (χ0) is 17.4. The third-order valence-electron chi connectivity index (χ3n) is 3.77. The van der Waals surface area contributed by atoms with Crippen LogP contribution in [0.25, 0.3) is 0 Å². The SMILES string of the molecule is Cc1ccc(NC(=O)C[C@H]([NH2+]CCc2ccccc2)C(=O)[O-])cc1. The molecule has 0 aliphatic carbocycles. The molecule has 0 fully saturated rings. The summed E-state index contributed by atoms with van der Waals surface area (Å²) in [7, 11) is 0. The van der Waals surface area contributed by atoms with E-state index in [2.05, 4.69) is 5.32 Å². The number of anilines is 1. The summed E-state index contributed by atoms with van der Waals surface area (Å²) in [5.74, 6) is -1.55. The van der Waals surface area contributed by atoms with Gasteiger partial charge in [-0.25, -0.2) is 0 Å². The number of nitrogens with two attached hydrogens (primary N) is 1. The molecule has 2 rings (SSSR count). The molecule has 0 saturated heterocycles. The first-order valence-electron chi connectivity index (χ1n) is 7.99. The zero-order valence-corrected chi connectivity index (χ0v) is 13.7. The molecular weight excluding hydrogens is 304 g/mol. The second kappa shape index (κ2) is 8.84.